The highest BCUT2D eigenvalue weighted by Gasteiger charge is 2.43. The second-order valence-corrected chi connectivity index (χ2v) is 16.0. The topological polar surface area (TPSA) is 23.4 Å². The van der Waals surface area contributed by atoms with Crippen LogP contribution in [-0.4, -0.2) is 11.3 Å². The smallest absolute Gasteiger partial charge is 0.273 e. The monoisotopic (exact) mass is 581 g/mol. The molecule has 0 saturated carbocycles. The number of hydrogen-bond donors (Lipinski definition) is 0. The Morgan fingerprint density at radius 3 is 2.35 bits per heavy atom. The van der Waals surface area contributed by atoms with Crippen molar-refractivity contribution in [3.05, 3.63) is 76.9 Å². The average molecular weight is 582 g/mol. The van der Waals surface area contributed by atoms with Crippen molar-refractivity contribution >= 4 is 65.6 Å². The van der Waals surface area contributed by atoms with Crippen molar-refractivity contribution in [1.82, 2.24) is 4.57 Å². The summed E-state index contributed by atoms with van der Waals surface area (Å²) in [5, 5.41) is 4.01. The third-order valence-electron chi connectivity index (χ3n) is 9.89. The van der Waals surface area contributed by atoms with Gasteiger partial charge < -0.3 is 14.0 Å². The van der Waals surface area contributed by atoms with Gasteiger partial charge in [0.25, 0.3) is 6.71 Å². The van der Waals surface area contributed by atoms with E-state index in [0.29, 0.717) is 0 Å². The highest BCUT2D eigenvalue weighted by atomic mass is 32.1. The van der Waals surface area contributed by atoms with Crippen molar-refractivity contribution in [2.45, 2.75) is 78.7 Å². The molecule has 0 spiro atoms. The van der Waals surface area contributed by atoms with Crippen molar-refractivity contribution in [2.75, 3.05) is 0 Å². The summed E-state index contributed by atoms with van der Waals surface area (Å²) < 4.78 is 18.8. The zero-order chi connectivity index (χ0) is 29.6. The number of aromatic nitrogens is 1. The number of aryl methyl sites for hydroxylation is 3. The van der Waals surface area contributed by atoms with Gasteiger partial charge in [-0.15, -0.1) is 11.3 Å². The molecule has 6 aromatic rings. The lowest BCUT2D eigenvalue weighted by molar-refractivity contribution is 0.422. The van der Waals surface area contributed by atoms with E-state index in [2.05, 4.69) is 108 Å². The average Bonchev–Trinajstić information content (AvgIpc) is 3.63. The molecule has 214 valence electrons. The Hall–Kier alpha value is -3.70. The summed E-state index contributed by atoms with van der Waals surface area (Å²) in [6.45, 7) is 16.0. The number of nitrogens with zero attached hydrogens (tertiary/aromatic N) is 1. The molecule has 0 saturated heterocycles. The van der Waals surface area contributed by atoms with Crippen LogP contribution in [0.4, 0.5) is 0 Å². The van der Waals surface area contributed by atoms with E-state index >= 15 is 0 Å². The molecule has 0 unspecified atom stereocenters. The van der Waals surface area contributed by atoms with E-state index in [1.807, 2.05) is 11.3 Å². The highest BCUT2D eigenvalue weighted by molar-refractivity contribution is 7.33. The predicted octanol–water partition coefficient (Wildman–Crippen LogP) is 8.59. The summed E-state index contributed by atoms with van der Waals surface area (Å²) in [6, 6.07) is 20.9. The molecule has 2 aromatic heterocycles. The Morgan fingerprint density at radius 1 is 0.791 bits per heavy atom. The minimum atomic E-state index is -0.0699. The maximum atomic E-state index is 6.83. The molecule has 4 aromatic carbocycles. The van der Waals surface area contributed by atoms with E-state index in [9.17, 15) is 0 Å². The van der Waals surface area contributed by atoms with Crippen LogP contribution in [-0.2, 0) is 23.8 Å². The van der Waals surface area contributed by atoms with Crippen LogP contribution in [0.15, 0.2) is 54.6 Å². The van der Waals surface area contributed by atoms with Gasteiger partial charge in [-0.2, -0.15) is 0 Å². The molecular formula is C38H36BNO2S. The molecule has 1 aliphatic carbocycles. The molecule has 5 heteroatoms. The van der Waals surface area contributed by atoms with Crippen LogP contribution in [0, 0.1) is 6.92 Å². The zero-order valence-electron chi connectivity index (χ0n) is 26.1. The quantitative estimate of drug-likeness (QED) is 0.168. The van der Waals surface area contributed by atoms with Gasteiger partial charge in [0.1, 0.15) is 23.0 Å². The van der Waals surface area contributed by atoms with Gasteiger partial charge in [-0.25, -0.2) is 0 Å². The minimum absolute atomic E-state index is 0.0672. The van der Waals surface area contributed by atoms with E-state index in [1.54, 1.807) is 5.56 Å². The van der Waals surface area contributed by atoms with Crippen LogP contribution in [0.5, 0.6) is 23.0 Å². The Balaban J connectivity index is 1.38. The fourth-order valence-corrected chi connectivity index (χ4v) is 9.22. The van der Waals surface area contributed by atoms with Crippen molar-refractivity contribution in [3.63, 3.8) is 0 Å². The predicted molar refractivity (Wildman–Crippen MR) is 183 cm³/mol. The molecule has 3 aliphatic rings. The first-order valence-corrected chi connectivity index (χ1v) is 16.5. The number of benzene rings is 4. The molecule has 0 N–H and O–H groups in total. The fraction of sp³-hybridized carbons (Fsp3) is 0.316. The van der Waals surface area contributed by atoms with Crippen molar-refractivity contribution in [2.24, 2.45) is 0 Å². The van der Waals surface area contributed by atoms with Crippen LogP contribution in [0.1, 0.15) is 70.2 Å². The summed E-state index contributed by atoms with van der Waals surface area (Å²) in [5.74, 6) is 3.83. The van der Waals surface area contributed by atoms with Gasteiger partial charge in [-0.3, -0.25) is 0 Å². The van der Waals surface area contributed by atoms with Gasteiger partial charge in [0.2, 0.25) is 0 Å². The van der Waals surface area contributed by atoms with Crippen LogP contribution in [0.25, 0.3) is 31.9 Å². The largest absolute Gasteiger partial charge is 0.458 e. The van der Waals surface area contributed by atoms with E-state index in [-0.39, 0.29) is 17.7 Å². The highest BCUT2D eigenvalue weighted by Crippen LogP contribution is 2.45. The summed E-state index contributed by atoms with van der Waals surface area (Å²) in [6.07, 6.45) is 3.57. The third kappa shape index (κ3) is 3.49. The van der Waals surface area contributed by atoms with Crippen LogP contribution >= 0.6 is 11.3 Å². The number of ether oxygens (including phenoxy) is 2. The van der Waals surface area contributed by atoms with Gasteiger partial charge >= 0.3 is 0 Å². The molecule has 43 heavy (non-hydrogen) atoms. The van der Waals surface area contributed by atoms with Crippen LogP contribution < -0.4 is 25.2 Å². The lowest BCUT2D eigenvalue weighted by atomic mass is 9.37. The van der Waals surface area contributed by atoms with E-state index in [1.165, 1.54) is 66.1 Å². The summed E-state index contributed by atoms with van der Waals surface area (Å²) in [7, 11) is 0. The number of hydrogen-bond acceptors (Lipinski definition) is 3. The summed E-state index contributed by atoms with van der Waals surface area (Å²) in [5.41, 5.74) is 10.6. The van der Waals surface area contributed by atoms with E-state index in [0.717, 1.165) is 40.4 Å². The summed E-state index contributed by atoms with van der Waals surface area (Å²) >= 11 is 1.88. The molecule has 0 amide bonds. The van der Waals surface area contributed by atoms with E-state index in [4.69, 9.17) is 9.47 Å². The van der Waals surface area contributed by atoms with Crippen LogP contribution in [0.2, 0.25) is 0 Å². The Morgan fingerprint density at radius 2 is 1.58 bits per heavy atom. The summed E-state index contributed by atoms with van der Waals surface area (Å²) in [4.78, 5) is 0. The van der Waals surface area contributed by atoms with Gasteiger partial charge in [-0.1, -0.05) is 39.0 Å². The van der Waals surface area contributed by atoms with Crippen molar-refractivity contribution in [1.29, 1.82) is 0 Å². The van der Waals surface area contributed by atoms with Gasteiger partial charge in [0.15, 0.2) is 0 Å². The molecule has 0 radical (unpaired) electrons. The van der Waals surface area contributed by atoms with Crippen LogP contribution in [0.3, 0.4) is 0 Å². The lowest BCUT2D eigenvalue weighted by Crippen LogP contribution is -2.56. The molecule has 0 bridgehead atoms. The molecule has 2 aliphatic heterocycles. The third-order valence-corrected chi connectivity index (χ3v) is 11.1. The molecule has 0 fully saturated rings. The Labute approximate surface area is 257 Å². The SMILES string of the molecule is Cc1cc2c3c(c1)Oc1c(sc4ccc(C(C)(C)C)cc14)B3c1cc3c4c5c(ccc4n(C(C)(C)C)c3cc1O2)CCC5. The van der Waals surface area contributed by atoms with Gasteiger partial charge in [0, 0.05) is 48.2 Å². The zero-order valence-corrected chi connectivity index (χ0v) is 26.9. The van der Waals surface area contributed by atoms with Gasteiger partial charge in [0.05, 0.1) is 5.52 Å². The second-order valence-electron chi connectivity index (χ2n) is 14.9. The maximum Gasteiger partial charge on any atom is 0.273 e. The first-order chi connectivity index (χ1) is 20.5. The number of thiophene rings is 1. The first kappa shape index (κ1) is 25.8. The second kappa shape index (κ2) is 8.27. The van der Waals surface area contributed by atoms with Crippen molar-refractivity contribution in [3.8, 4) is 23.0 Å². The van der Waals surface area contributed by atoms with Gasteiger partial charge in [-0.05, 0) is 110 Å². The normalized spacial score (nSPS) is 15.4. The number of rotatable bonds is 0. The minimum Gasteiger partial charge on any atom is -0.458 e. The standard InChI is InChI=1S/C38H36BNO2S/c1-20-15-30-34-31(16-20)42-35-25-17-22(37(2,3)4)12-14-32(25)43-36(35)39(34)26-18-24-28(19-29(26)41-30)40(38(5,6)7)27-13-11-21-9-8-10-23(21)33(24)27/h11-19H,8-10H2,1-7H3. The molecule has 9 rings (SSSR count). The molecule has 3 nitrogen and oxygen atoms in total. The fourth-order valence-electron chi connectivity index (χ4n) is 7.98. The Kier molecular flexibility index (Phi) is 4.95. The first-order valence-electron chi connectivity index (χ1n) is 15.7. The molecular weight excluding hydrogens is 545 g/mol. The number of fused-ring (bicyclic) bond motifs is 11. The Bertz CT molecular complexity index is 2200. The van der Waals surface area contributed by atoms with Crippen molar-refractivity contribution < 1.29 is 9.47 Å². The maximum absolute atomic E-state index is 6.83. The van der Waals surface area contributed by atoms with E-state index < -0.39 is 0 Å². The molecule has 0 atom stereocenters. The molecule has 4 heterocycles. The lowest BCUT2D eigenvalue weighted by Gasteiger charge is -2.32.